The molecule has 2 aliphatic carbocycles. The summed E-state index contributed by atoms with van der Waals surface area (Å²) in [4.78, 5) is 56.0. The molecule has 2 aliphatic rings. The van der Waals surface area contributed by atoms with E-state index in [0.717, 1.165) is 53.2 Å². The van der Waals surface area contributed by atoms with Gasteiger partial charge in [0.05, 0.1) is 13.9 Å². The van der Waals surface area contributed by atoms with Gasteiger partial charge in [0, 0.05) is 60.9 Å². The molecule has 6 aromatic rings. The Morgan fingerprint density at radius 1 is 0.477 bits per heavy atom. The van der Waals surface area contributed by atoms with E-state index in [4.69, 9.17) is 2.74 Å². The maximum atomic E-state index is 13.7. The predicted molar refractivity (Wildman–Crippen MR) is 172 cm³/mol. The maximum Gasteiger partial charge on any atom is 0.197 e. The Bertz CT molecular complexity index is 2260. The third-order valence-corrected chi connectivity index (χ3v) is 11.9. The molecule has 0 aliphatic heterocycles. The molecular weight excluding hydrogens is 639 g/mol. The molecule has 2 aromatic carbocycles. The highest BCUT2D eigenvalue weighted by atomic mass is 32.1. The summed E-state index contributed by atoms with van der Waals surface area (Å²) in [5, 5.41) is 0. The third kappa shape index (κ3) is 4.33. The van der Waals surface area contributed by atoms with Crippen LogP contribution in [0.25, 0.3) is 41.0 Å². The number of rotatable bonds is 4. The standard InChI is InChI=1S/C34H14F2O4S4/c35-15-1-5-19-21(9-15)33(39)23(31(19)37)11-17-3-7-25(41-17)27-13-29-30(43-27)14-28(44-29)26-8-4-18(42-26)12-24-32(38)20-6-2-16(36)10-22(20)34(24)40/h1-14H/b23-11-,24-12-/i11D,12D. The molecule has 0 bridgehead atoms. The zero-order valence-corrected chi connectivity index (χ0v) is 25.2. The topological polar surface area (TPSA) is 68.3 Å². The van der Waals surface area contributed by atoms with Gasteiger partial charge < -0.3 is 0 Å². The molecule has 0 N–H and O–H groups in total. The molecule has 0 saturated heterocycles. The van der Waals surface area contributed by atoms with Crippen LogP contribution in [-0.2, 0) is 0 Å². The number of allylic oxidation sites excluding steroid dienone is 2. The lowest BCUT2D eigenvalue weighted by Gasteiger charge is -1.93. The molecule has 0 unspecified atom stereocenters. The van der Waals surface area contributed by atoms with Crippen LogP contribution in [0, 0.1) is 11.6 Å². The van der Waals surface area contributed by atoms with E-state index in [1.807, 2.05) is 24.3 Å². The van der Waals surface area contributed by atoms with Crippen molar-refractivity contribution in [2.45, 2.75) is 0 Å². The average molecular weight is 655 g/mol. The first-order chi connectivity index (χ1) is 22.1. The zero-order valence-electron chi connectivity index (χ0n) is 24.0. The smallest absolute Gasteiger partial charge is 0.197 e. The van der Waals surface area contributed by atoms with Gasteiger partial charge in [-0.05, 0) is 84.9 Å². The summed E-state index contributed by atoms with van der Waals surface area (Å²) in [6.07, 6.45) is 0. The summed E-state index contributed by atoms with van der Waals surface area (Å²) in [5.41, 5.74) is -0.346. The van der Waals surface area contributed by atoms with Crippen molar-refractivity contribution < 1.29 is 30.7 Å². The van der Waals surface area contributed by atoms with Crippen LogP contribution in [0.15, 0.2) is 83.9 Å². The van der Waals surface area contributed by atoms with Crippen LogP contribution in [0.3, 0.4) is 0 Å². The van der Waals surface area contributed by atoms with Crippen molar-refractivity contribution in [3.05, 3.63) is 128 Å². The molecule has 8 rings (SSSR count). The highest BCUT2D eigenvalue weighted by molar-refractivity contribution is 7.33. The van der Waals surface area contributed by atoms with Crippen LogP contribution in [0.4, 0.5) is 8.78 Å². The molecule has 4 heterocycles. The van der Waals surface area contributed by atoms with E-state index in [2.05, 4.69) is 0 Å². The van der Waals surface area contributed by atoms with Gasteiger partial charge in [0.15, 0.2) is 23.1 Å². The van der Waals surface area contributed by atoms with Gasteiger partial charge in [-0.1, -0.05) is 0 Å². The van der Waals surface area contributed by atoms with Crippen LogP contribution < -0.4 is 0 Å². The Morgan fingerprint density at radius 3 is 1.32 bits per heavy atom. The number of fused-ring (bicyclic) bond motifs is 3. The maximum absolute atomic E-state index is 13.7. The monoisotopic (exact) mass is 654 g/mol. The van der Waals surface area contributed by atoms with Crippen LogP contribution in [0.1, 0.15) is 53.9 Å². The Labute approximate surface area is 266 Å². The fourth-order valence-corrected chi connectivity index (χ4v) is 9.56. The van der Waals surface area contributed by atoms with Crippen molar-refractivity contribution in [2.75, 3.05) is 0 Å². The lowest BCUT2D eigenvalue weighted by molar-refractivity contribution is 0.0975. The Kier molecular flexibility index (Phi) is 5.68. The summed E-state index contributed by atoms with van der Waals surface area (Å²) in [6.45, 7) is 0. The van der Waals surface area contributed by atoms with Gasteiger partial charge >= 0.3 is 0 Å². The fourth-order valence-electron chi connectivity index (χ4n) is 5.18. The quantitative estimate of drug-likeness (QED) is 0.140. The number of carbonyl (C=O) groups excluding carboxylic acids is 4. The highest BCUT2D eigenvalue weighted by Gasteiger charge is 2.34. The van der Waals surface area contributed by atoms with Gasteiger partial charge in [0.2, 0.25) is 0 Å². The summed E-state index contributed by atoms with van der Waals surface area (Å²) < 4.78 is 46.7. The molecule has 0 radical (unpaired) electrons. The Balaban J connectivity index is 1.06. The van der Waals surface area contributed by atoms with Crippen LogP contribution in [0.5, 0.6) is 0 Å². The van der Waals surface area contributed by atoms with Crippen LogP contribution >= 0.6 is 45.3 Å². The van der Waals surface area contributed by atoms with Gasteiger partial charge in [-0.2, -0.15) is 0 Å². The minimum Gasteiger partial charge on any atom is -0.288 e. The predicted octanol–water partition coefficient (Wildman–Crippen LogP) is 9.62. The second-order valence-corrected chi connectivity index (χ2v) is 14.3. The lowest BCUT2D eigenvalue weighted by atomic mass is 10.1. The van der Waals surface area contributed by atoms with E-state index in [9.17, 15) is 28.0 Å². The SMILES string of the molecule is [2H]/C(=C1\C(=O)c2ccc(F)cc2C1=O)c1ccc(-c2cc3sc(-c4ccc(/C([2H])=C5/C(=O)c6ccc(F)cc6C5=O)s4)cc3s2)s1. The number of benzene rings is 2. The number of ketones is 4. The molecule has 10 heteroatoms. The molecular formula is C34H14F2O4S4. The Morgan fingerprint density at radius 2 is 0.886 bits per heavy atom. The summed E-state index contributed by atoms with van der Waals surface area (Å²) in [7, 11) is 0. The minimum atomic E-state index is -0.643. The van der Waals surface area contributed by atoms with E-state index in [1.54, 1.807) is 34.8 Å². The summed E-state index contributed by atoms with van der Waals surface area (Å²) in [5.74, 6) is -3.67. The molecule has 44 heavy (non-hydrogen) atoms. The average Bonchev–Trinajstić information content (AvgIpc) is 3.87. The molecule has 0 saturated carbocycles. The van der Waals surface area contributed by atoms with E-state index >= 15 is 0 Å². The number of Topliss-reactive ketones (excluding diaryl/α,β-unsaturated/α-hetero) is 4. The number of thiophene rings is 4. The molecule has 0 atom stereocenters. The van der Waals surface area contributed by atoms with Crippen molar-refractivity contribution in [1.82, 2.24) is 0 Å². The second kappa shape index (κ2) is 10.0. The van der Waals surface area contributed by atoms with E-state index in [0.29, 0.717) is 9.75 Å². The first-order valence-electron chi connectivity index (χ1n) is 14.0. The largest absolute Gasteiger partial charge is 0.288 e. The van der Waals surface area contributed by atoms with Crippen LogP contribution in [0.2, 0.25) is 0 Å². The van der Waals surface area contributed by atoms with Gasteiger partial charge in [0.25, 0.3) is 0 Å². The van der Waals surface area contributed by atoms with Crippen molar-refractivity contribution in [2.24, 2.45) is 0 Å². The summed E-state index contributed by atoms with van der Waals surface area (Å²) in [6, 6.07) is 17.6. The number of hydrogen-bond acceptors (Lipinski definition) is 8. The number of carbonyl (C=O) groups is 4. The molecule has 0 spiro atoms. The van der Waals surface area contributed by atoms with E-state index < -0.39 is 34.8 Å². The van der Waals surface area contributed by atoms with E-state index in [-0.39, 0.29) is 45.5 Å². The van der Waals surface area contributed by atoms with Gasteiger partial charge in [-0.15, -0.1) is 45.3 Å². The zero-order chi connectivity index (χ0) is 32.0. The van der Waals surface area contributed by atoms with Crippen molar-refractivity contribution in [3.8, 4) is 19.5 Å². The van der Waals surface area contributed by atoms with Gasteiger partial charge in [0.1, 0.15) is 11.6 Å². The molecule has 4 aromatic heterocycles. The first-order valence-corrected chi connectivity index (χ1v) is 16.3. The van der Waals surface area contributed by atoms with Gasteiger partial charge in [-0.25, -0.2) is 8.78 Å². The van der Waals surface area contributed by atoms with Crippen molar-refractivity contribution in [3.63, 3.8) is 0 Å². The lowest BCUT2D eigenvalue weighted by Crippen LogP contribution is -1.99. The summed E-state index contributed by atoms with van der Waals surface area (Å²) >= 11 is 5.69. The third-order valence-electron chi connectivity index (χ3n) is 7.25. The Hall–Kier alpha value is -4.48. The highest BCUT2D eigenvalue weighted by Crippen LogP contribution is 2.45. The second-order valence-electron chi connectivity index (χ2n) is 9.97. The van der Waals surface area contributed by atoms with Crippen LogP contribution in [-0.4, -0.2) is 23.1 Å². The molecule has 0 amide bonds. The first kappa shape index (κ1) is 24.9. The minimum absolute atomic E-state index is 0.0212. The van der Waals surface area contributed by atoms with E-state index in [1.165, 1.54) is 34.8 Å². The number of hydrogen-bond donors (Lipinski definition) is 0. The van der Waals surface area contributed by atoms with Crippen molar-refractivity contribution >= 4 is 90.0 Å². The fraction of sp³-hybridized carbons (Fsp3) is 0. The number of halogens is 2. The van der Waals surface area contributed by atoms with Crippen molar-refractivity contribution in [1.29, 1.82) is 0 Å². The molecule has 212 valence electrons. The molecule has 4 nitrogen and oxygen atoms in total. The van der Waals surface area contributed by atoms with Gasteiger partial charge in [-0.3, -0.25) is 19.2 Å². The molecule has 0 fully saturated rings. The normalized spacial score (nSPS) is 17.3.